The summed E-state index contributed by atoms with van der Waals surface area (Å²) in [6.45, 7) is 0.993. The van der Waals surface area contributed by atoms with Gasteiger partial charge in [0, 0.05) is 37.0 Å². The molecule has 7 nitrogen and oxygen atoms in total. The van der Waals surface area contributed by atoms with Gasteiger partial charge in [-0.05, 0) is 41.8 Å². The summed E-state index contributed by atoms with van der Waals surface area (Å²) in [5.74, 6) is -0.934. The van der Waals surface area contributed by atoms with Gasteiger partial charge >= 0.3 is 0 Å². The van der Waals surface area contributed by atoms with Crippen LogP contribution >= 0.6 is 0 Å². The zero-order chi connectivity index (χ0) is 20.9. The van der Waals surface area contributed by atoms with Crippen LogP contribution in [0.25, 0.3) is 10.8 Å². The molecule has 0 unspecified atom stereocenters. The first-order valence-electron chi connectivity index (χ1n) is 9.91. The first-order chi connectivity index (χ1) is 14.6. The molecule has 0 saturated carbocycles. The molecule has 3 amide bonds. The van der Waals surface area contributed by atoms with Crippen LogP contribution in [-0.2, 0) is 4.79 Å². The maximum atomic E-state index is 13.0. The molecule has 1 aliphatic heterocycles. The van der Waals surface area contributed by atoms with Crippen molar-refractivity contribution in [2.24, 2.45) is 5.92 Å². The molecule has 1 saturated heterocycles. The Bertz CT molecular complexity index is 1070. The highest BCUT2D eigenvalue weighted by atomic mass is 16.2. The summed E-state index contributed by atoms with van der Waals surface area (Å²) in [5.41, 5.74) is 5.95. The number of nitrogens with zero attached hydrogens (tertiary/aromatic N) is 2. The molecule has 3 aromatic rings. The summed E-state index contributed by atoms with van der Waals surface area (Å²) in [4.78, 5) is 43.1. The van der Waals surface area contributed by atoms with Crippen molar-refractivity contribution in [2.45, 2.75) is 12.8 Å². The Morgan fingerprint density at radius 2 is 1.67 bits per heavy atom. The number of likely N-dealkylation sites (tertiary alicyclic amines) is 1. The molecular weight excluding hydrogens is 380 g/mol. The smallest absolute Gasteiger partial charge is 0.271 e. The standard InChI is InChI=1S/C23H22N4O3/c28-21(25-26-22(29)18-7-4-12-24-15-18)17-10-13-27(14-11-17)23(30)20-9-3-6-16-5-1-2-8-19(16)20/h1-9,12,15,17H,10-11,13-14H2,(H,25,28)(H,26,29). The third-order valence-corrected chi connectivity index (χ3v) is 5.40. The number of carbonyl (C=O) groups is 3. The molecule has 2 heterocycles. The van der Waals surface area contributed by atoms with Crippen molar-refractivity contribution in [1.29, 1.82) is 0 Å². The van der Waals surface area contributed by atoms with E-state index in [1.54, 1.807) is 23.2 Å². The molecule has 1 fully saturated rings. The van der Waals surface area contributed by atoms with Gasteiger partial charge in [-0.25, -0.2) is 0 Å². The molecule has 0 atom stereocenters. The van der Waals surface area contributed by atoms with Crippen LogP contribution in [0.5, 0.6) is 0 Å². The van der Waals surface area contributed by atoms with E-state index in [1.807, 2.05) is 42.5 Å². The zero-order valence-electron chi connectivity index (χ0n) is 16.4. The van der Waals surface area contributed by atoms with Gasteiger partial charge in [0.05, 0.1) is 5.56 Å². The van der Waals surface area contributed by atoms with Gasteiger partial charge in [0.1, 0.15) is 0 Å². The maximum absolute atomic E-state index is 13.0. The second-order valence-electron chi connectivity index (χ2n) is 7.28. The fourth-order valence-corrected chi connectivity index (χ4v) is 3.72. The molecular formula is C23H22N4O3. The van der Waals surface area contributed by atoms with Crippen molar-refractivity contribution in [3.63, 3.8) is 0 Å². The van der Waals surface area contributed by atoms with E-state index in [0.29, 0.717) is 37.1 Å². The topological polar surface area (TPSA) is 91.4 Å². The van der Waals surface area contributed by atoms with Gasteiger partial charge in [0.25, 0.3) is 11.8 Å². The lowest BCUT2D eigenvalue weighted by molar-refractivity contribution is -0.127. The average molecular weight is 402 g/mol. The molecule has 0 radical (unpaired) electrons. The number of hydrazine groups is 1. The molecule has 0 bridgehead atoms. The van der Waals surface area contributed by atoms with Gasteiger partial charge in [0.15, 0.2) is 0 Å². The number of nitrogens with one attached hydrogen (secondary N) is 2. The fraction of sp³-hybridized carbons (Fsp3) is 0.217. The largest absolute Gasteiger partial charge is 0.339 e. The van der Waals surface area contributed by atoms with Crippen LogP contribution in [0.15, 0.2) is 67.0 Å². The zero-order valence-corrected chi connectivity index (χ0v) is 16.4. The number of rotatable bonds is 3. The normalized spacial score (nSPS) is 14.3. The van der Waals surface area contributed by atoms with Gasteiger partial charge in [-0.3, -0.25) is 30.2 Å². The van der Waals surface area contributed by atoms with Crippen molar-refractivity contribution >= 4 is 28.5 Å². The predicted molar refractivity (Wildman–Crippen MR) is 112 cm³/mol. The molecule has 0 aliphatic carbocycles. The van der Waals surface area contributed by atoms with Crippen molar-refractivity contribution in [1.82, 2.24) is 20.7 Å². The van der Waals surface area contributed by atoms with Crippen LogP contribution in [-0.4, -0.2) is 40.7 Å². The molecule has 4 rings (SSSR count). The van der Waals surface area contributed by atoms with Crippen LogP contribution in [0, 0.1) is 5.92 Å². The van der Waals surface area contributed by atoms with E-state index in [-0.39, 0.29) is 17.7 Å². The summed E-state index contributed by atoms with van der Waals surface area (Å²) in [6.07, 6.45) is 4.09. The van der Waals surface area contributed by atoms with Crippen LogP contribution in [0.4, 0.5) is 0 Å². The van der Waals surface area contributed by atoms with E-state index in [1.165, 1.54) is 6.20 Å². The van der Waals surface area contributed by atoms with Crippen molar-refractivity contribution in [2.75, 3.05) is 13.1 Å². The summed E-state index contributed by atoms with van der Waals surface area (Å²) in [7, 11) is 0. The number of carbonyl (C=O) groups excluding carboxylic acids is 3. The van der Waals surface area contributed by atoms with Crippen LogP contribution in [0.1, 0.15) is 33.6 Å². The molecule has 7 heteroatoms. The van der Waals surface area contributed by atoms with E-state index in [0.717, 1.165) is 10.8 Å². The molecule has 1 aliphatic rings. The van der Waals surface area contributed by atoms with Crippen LogP contribution in [0.2, 0.25) is 0 Å². The Morgan fingerprint density at radius 1 is 0.900 bits per heavy atom. The summed E-state index contributed by atoms with van der Waals surface area (Å²) in [5, 5.41) is 1.96. The fourth-order valence-electron chi connectivity index (χ4n) is 3.72. The summed E-state index contributed by atoms with van der Waals surface area (Å²) >= 11 is 0. The van der Waals surface area contributed by atoms with E-state index in [2.05, 4.69) is 15.8 Å². The third kappa shape index (κ3) is 4.15. The predicted octanol–water partition coefficient (Wildman–Crippen LogP) is 2.55. The van der Waals surface area contributed by atoms with Crippen molar-refractivity contribution < 1.29 is 14.4 Å². The minimum absolute atomic E-state index is 0.0180. The van der Waals surface area contributed by atoms with Crippen LogP contribution < -0.4 is 10.9 Å². The molecule has 2 aromatic carbocycles. The van der Waals surface area contributed by atoms with E-state index >= 15 is 0 Å². The van der Waals surface area contributed by atoms with Gasteiger partial charge in [0.2, 0.25) is 5.91 Å². The molecule has 0 spiro atoms. The minimum atomic E-state index is -0.417. The Morgan fingerprint density at radius 3 is 2.43 bits per heavy atom. The van der Waals surface area contributed by atoms with Crippen LogP contribution in [0.3, 0.4) is 0 Å². The third-order valence-electron chi connectivity index (χ3n) is 5.40. The Hall–Kier alpha value is -3.74. The average Bonchev–Trinajstić information content (AvgIpc) is 2.82. The number of amides is 3. The lowest BCUT2D eigenvalue weighted by Gasteiger charge is -2.31. The van der Waals surface area contributed by atoms with E-state index in [4.69, 9.17) is 0 Å². The highest BCUT2D eigenvalue weighted by molar-refractivity contribution is 6.07. The van der Waals surface area contributed by atoms with E-state index < -0.39 is 5.91 Å². The molecule has 1 aromatic heterocycles. The first kappa shape index (κ1) is 19.6. The number of pyridine rings is 1. The highest BCUT2D eigenvalue weighted by Gasteiger charge is 2.28. The van der Waals surface area contributed by atoms with E-state index in [9.17, 15) is 14.4 Å². The van der Waals surface area contributed by atoms with Gasteiger partial charge in [-0.2, -0.15) is 0 Å². The summed E-state index contributed by atoms with van der Waals surface area (Å²) in [6, 6.07) is 16.8. The Kier molecular flexibility index (Phi) is 5.70. The maximum Gasteiger partial charge on any atom is 0.271 e. The Labute approximate surface area is 174 Å². The SMILES string of the molecule is O=C(NNC(=O)C1CCN(C(=O)c2cccc3ccccc23)CC1)c1cccnc1. The number of hydrogen-bond acceptors (Lipinski definition) is 4. The monoisotopic (exact) mass is 402 g/mol. The van der Waals surface area contributed by atoms with Crippen molar-refractivity contribution in [3.8, 4) is 0 Å². The van der Waals surface area contributed by atoms with Crippen molar-refractivity contribution in [3.05, 3.63) is 78.1 Å². The molecule has 30 heavy (non-hydrogen) atoms. The Balaban J connectivity index is 1.32. The first-order valence-corrected chi connectivity index (χ1v) is 9.91. The second kappa shape index (κ2) is 8.73. The van der Waals surface area contributed by atoms with Gasteiger partial charge in [-0.1, -0.05) is 36.4 Å². The second-order valence-corrected chi connectivity index (χ2v) is 7.28. The minimum Gasteiger partial charge on any atom is -0.339 e. The molecule has 152 valence electrons. The lowest BCUT2D eigenvalue weighted by atomic mass is 9.95. The summed E-state index contributed by atoms with van der Waals surface area (Å²) < 4.78 is 0. The quantitative estimate of drug-likeness (QED) is 0.659. The lowest BCUT2D eigenvalue weighted by Crippen LogP contribution is -2.48. The number of piperidine rings is 1. The number of aromatic nitrogens is 1. The highest BCUT2D eigenvalue weighted by Crippen LogP contribution is 2.23. The van der Waals surface area contributed by atoms with Gasteiger partial charge < -0.3 is 4.90 Å². The number of fused-ring (bicyclic) bond motifs is 1. The molecule has 2 N–H and O–H groups in total. The number of benzene rings is 2. The van der Waals surface area contributed by atoms with Gasteiger partial charge in [-0.15, -0.1) is 0 Å². The number of hydrogen-bond donors (Lipinski definition) is 2.